The molecule has 0 atom stereocenters. The van der Waals surface area contributed by atoms with E-state index in [0.29, 0.717) is 19.6 Å². The molecule has 3 rings (SSSR count). The molecule has 0 amide bonds. The van der Waals surface area contributed by atoms with Crippen molar-refractivity contribution in [2.75, 3.05) is 0 Å². The zero-order valence-corrected chi connectivity index (χ0v) is 15.1. The summed E-state index contributed by atoms with van der Waals surface area (Å²) in [4.78, 5) is 10.6. The maximum Gasteiger partial charge on any atom is 0.130 e. The number of rotatable bonds is 9. The minimum absolute atomic E-state index is 0.379. The Morgan fingerprint density at radius 1 is 0.741 bits per heavy atom. The fourth-order valence-electron chi connectivity index (χ4n) is 2.59. The van der Waals surface area contributed by atoms with Gasteiger partial charge in [-0.2, -0.15) is 0 Å². The molecule has 136 valence electrons. The maximum absolute atomic E-state index is 10.6. The van der Waals surface area contributed by atoms with E-state index in [-0.39, 0.29) is 0 Å². The van der Waals surface area contributed by atoms with Crippen molar-refractivity contribution in [1.29, 1.82) is 0 Å². The molecule has 3 heteroatoms. The van der Waals surface area contributed by atoms with Crippen LogP contribution >= 0.6 is 0 Å². The van der Waals surface area contributed by atoms with Crippen molar-refractivity contribution < 1.29 is 14.3 Å². The van der Waals surface area contributed by atoms with Crippen LogP contribution in [0.15, 0.2) is 84.9 Å². The van der Waals surface area contributed by atoms with E-state index in [4.69, 9.17) is 9.47 Å². The molecule has 0 unspecified atom stereocenters. The second kappa shape index (κ2) is 9.97. The van der Waals surface area contributed by atoms with Crippen LogP contribution in [0.2, 0.25) is 0 Å². The van der Waals surface area contributed by atoms with Gasteiger partial charge < -0.3 is 14.3 Å². The van der Waals surface area contributed by atoms with Gasteiger partial charge in [0.2, 0.25) is 0 Å². The van der Waals surface area contributed by atoms with Crippen LogP contribution in [-0.4, -0.2) is 6.29 Å². The number of ether oxygens (including phenoxy) is 2. The van der Waals surface area contributed by atoms with Crippen LogP contribution in [0.3, 0.4) is 0 Å². The average molecular weight is 358 g/mol. The van der Waals surface area contributed by atoms with Crippen molar-refractivity contribution in [2.45, 2.75) is 19.6 Å². The number of allylic oxidation sites excluding steroid dienone is 1. The van der Waals surface area contributed by atoms with Crippen molar-refractivity contribution >= 4 is 12.4 Å². The van der Waals surface area contributed by atoms with E-state index in [1.807, 2.05) is 91.0 Å². The standard InChI is InChI=1S/C24H22O3/c25-16-8-7-13-22-14-15-23(26-18-20-9-3-1-4-10-20)17-24(22)27-19-21-11-5-2-6-12-21/h1-7,9-17H,8,18-19H2. The number of hydrogen-bond acceptors (Lipinski definition) is 3. The lowest BCUT2D eigenvalue weighted by atomic mass is 10.1. The highest BCUT2D eigenvalue weighted by Gasteiger charge is 2.05. The molecule has 0 spiro atoms. The first-order valence-electron chi connectivity index (χ1n) is 8.93. The molecule has 0 heterocycles. The molecule has 0 aliphatic rings. The first-order chi connectivity index (χ1) is 13.3. The molecular formula is C24H22O3. The topological polar surface area (TPSA) is 35.5 Å². The van der Waals surface area contributed by atoms with Gasteiger partial charge in [0.05, 0.1) is 0 Å². The van der Waals surface area contributed by atoms with Crippen molar-refractivity contribution in [3.63, 3.8) is 0 Å². The molecule has 0 saturated heterocycles. The van der Waals surface area contributed by atoms with Crippen LogP contribution in [0.1, 0.15) is 23.1 Å². The molecule has 27 heavy (non-hydrogen) atoms. The van der Waals surface area contributed by atoms with E-state index in [2.05, 4.69) is 0 Å². The molecule has 0 N–H and O–H groups in total. The summed E-state index contributed by atoms with van der Waals surface area (Å²) < 4.78 is 11.9. The fraction of sp³-hybridized carbons (Fsp3) is 0.125. The van der Waals surface area contributed by atoms with E-state index in [1.165, 1.54) is 0 Å². The summed E-state index contributed by atoms with van der Waals surface area (Å²) in [6, 6.07) is 25.8. The van der Waals surface area contributed by atoms with E-state index in [0.717, 1.165) is 34.5 Å². The van der Waals surface area contributed by atoms with Gasteiger partial charge in [0.15, 0.2) is 0 Å². The van der Waals surface area contributed by atoms with Crippen molar-refractivity contribution in [2.24, 2.45) is 0 Å². The first-order valence-corrected chi connectivity index (χ1v) is 8.93. The number of hydrogen-bond donors (Lipinski definition) is 0. The Kier molecular flexibility index (Phi) is 6.82. The van der Waals surface area contributed by atoms with Crippen molar-refractivity contribution in [3.8, 4) is 11.5 Å². The molecule has 0 radical (unpaired) electrons. The van der Waals surface area contributed by atoms with Crippen LogP contribution in [0, 0.1) is 0 Å². The molecule has 3 aromatic carbocycles. The van der Waals surface area contributed by atoms with Gasteiger partial charge in [0.25, 0.3) is 0 Å². The SMILES string of the molecule is O=CCC=Cc1ccc(OCc2ccccc2)cc1OCc1ccccc1. The average Bonchev–Trinajstić information content (AvgIpc) is 2.73. The quantitative estimate of drug-likeness (QED) is 0.477. The van der Waals surface area contributed by atoms with Crippen LogP contribution in [0.25, 0.3) is 6.08 Å². The third-order valence-corrected chi connectivity index (χ3v) is 4.00. The van der Waals surface area contributed by atoms with Crippen LogP contribution in [-0.2, 0) is 18.0 Å². The number of benzene rings is 3. The van der Waals surface area contributed by atoms with Gasteiger partial charge in [0.1, 0.15) is 31.0 Å². The van der Waals surface area contributed by atoms with Crippen LogP contribution in [0.4, 0.5) is 0 Å². The lowest BCUT2D eigenvalue weighted by Crippen LogP contribution is -1.99. The summed E-state index contributed by atoms with van der Waals surface area (Å²) in [5.41, 5.74) is 3.12. The summed E-state index contributed by atoms with van der Waals surface area (Å²) in [6.45, 7) is 0.969. The van der Waals surface area contributed by atoms with Crippen LogP contribution in [0.5, 0.6) is 11.5 Å². The number of carbonyl (C=O) groups excluding carboxylic acids is 1. The molecular weight excluding hydrogens is 336 g/mol. The molecule has 3 nitrogen and oxygen atoms in total. The van der Waals surface area contributed by atoms with Crippen molar-refractivity contribution in [1.82, 2.24) is 0 Å². The zero-order chi connectivity index (χ0) is 18.7. The monoisotopic (exact) mass is 358 g/mol. The van der Waals surface area contributed by atoms with Gasteiger partial charge in [-0.15, -0.1) is 0 Å². The maximum atomic E-state index is 10.6. The molecule has 0 fully saturated rings. The fourth-order valence-corrected chi connectivity index (χ4v) is 2.59. The Bertz CT molecular complexity index is 871. The summed E-state index contributed by atoms with van der Waals surface area (Å²) in [7, 11) is 0. The van der Waals surface area contributed by atoms with Gasteiger partial charge in [0, 0.05) is 18.1 Å². The summed E-state index contributed by atoms with van der Waals surface area (Å²) in [5, 5.41) is 0. The van der Waals surface area contributed by atoms with E-state index in [9.17, 15) is 4.79 Å². The minimum atomic E-state index is 0.379. The molecule has 3 aromatic rings. The Morgan fingerprint density at radius 2 is 1.37 bits per heavy atom. The smallest absolute Gasteiger partial charge is 0.130 e. The summed E-state index contributed by atoms with van der Waals surface area (Å²) >= 11 is 0. The molecule has 0 aliphatic heterocycles. The van der Waals surface area contributed by atoms with E-state index in [1.54, 1.807) is 0 Å². The molecule has 0 bridgehead atoms. The molecule has 0 aromatic heterocycles. The summed E-state index contributed by atoms with van der Waals surface area (Å²) in [6.07, 6.45) is 4.97. The summed E-state index contributed by atoms with van der Waals surface area (Å²) in [5.74, 6) is 1.47. The Labute approximate surface area is 159 Å². The predicted molar refractivity (Wildman–Crippen MR) is 108 cm³/mol. The highest BCUT2D eigenvalue weighted by atomic mass is 16.5. The molecule has 0 aliphatic carbocycles. The largest absolute Gasteiger partial charge is 0.489 e. The van der Waals surface area contributed by atoms with Crippen molar-refractivity contribution in [3.05, 3.63) is 102 Å². The third kappa shape index (κ3) is 5.86. The second-order valence-electron chi connectivity index (χ2n) is 6.05. The van der Waals surface area contributed by atoms with Crippen LogP contribution < -0.4 is 9.47 Å². The normalized spacial score (nSPS) is 10.7. The first kappa shape index (κ1) is 18.5. The third-order valence-electron chi connectivity index (χ3n) is 4.00. The van der Waals surface area contributed by atoms with E-state index >= 15 is 0 Å². The highest BCUT2D eigenvalue weighted by molar-refractivity contribution is 5.62. The lowest BCUT2D eigenvalue weighted by molar-refractivity contribution is -0.107. The number of carbonyl (C=O) groups is 1. The Balaban J connectivity index is 1.74. The molecule has 0 saturated carbocycles. The minimum Gasteiger partial charge on any atom is -0.489 e. The highest BCUT2D eigenvalue weighted by Crippen LogP contribution is 2.27. The van der Waals surface area contributed by atoms with Gasteiger partial charge in [-0.05, 0) is 23.3 Å². The van der Waals surface area contributed by atoms with Gasteiger partial charge in [-0.25, -0.2) is 0 Å². The van der Waals surface area contributed by atoms with E-state index < -0.39 is 0 Å². The number of aldehydes is 1. The zero-order valence-electron chi connectivity index (χ0n) is 15.1. The lowest BCUT2D eigenvalue weighted by Gasteiger charge is -2.13. The Morgan fingerprint density at radius 3 is 2.00 bits per heavy atom. The van der Waals surface area contributed by atoms with Gasteiger partial charge >= 0.3 is 0 Å². The van der Waals surface area contributed by atoms with Gasteiger partial charge in [-0.3, -0.25) is 0 Å². The Hall–Kier alpha value is -3.33. The predicted octanol–water partition coefficient (Wildman–Crippen LogP) is 5.45. The van der Waals surface area contributed by atoms with Gasteiger partial charge in [-0.1, -0.05) is 72.8 Å². The second-order valence-corrected chi connectivity index (χ2v) is 6.05.